The molecular formula is C19H17BrF2N2O3. The third-order valence-corrected chi connectivity index (χ3v) is 4.78. The molecule has 2 aromatic carbocycles. The lowest BCUT2D eigenvalue weighted by atomic mass is 10.1. The van der Waals surface area contributed by atoms with Gasteiger partial charge in [-0.2, -0.15) is 8.78 Å². The summed E-state index contributed by atoms with van der Waals surface area (Å²) in [6.45, 7) is -2.30. The predicted molar refractivity (Wildman–Crippen MR) is 99.5 cm³/mol. The van der Waals surface area contributed by atoms with E-state index in [2.05, 4.69) is 26.0 Å². The van der Waals surface area contributed by atoms with Crippen molar-refractivity contribution < 1.29 is 23.1 Å². The zero-order valence-electron chi connectivity index (χ0n) is 14.2. The lowest BCUT2D eigenvalue weighted by Crippen LogP contribution is -2.32. The predicted octanol–water partition coefficient (Wildman–Crippen LogP) is 3.72. The quantitative estimate of drug-likeness (QED) is 0.747. The molecule has 0 saturated carbocycles. The lowest BCUT2D eigenvalue weighted by Gasteiger charge is -2.17. The number of amides is 2. The van der Waals surface area contributed by atoms with Crippen molar-refractivity contribution in [2.45, 2.75) is 19.6 Å². The lowest BCUT2D eigenvalue weighted by molar-refractivity contribution is -0.126. The van der Waals surface area contributed by atoms with E-state index in [4.69, 9.17) is 0 Å². The molecule has 1 aliphatic rings. The van der Waals surface area contributed by atoms with Crippen molar-refractivity contribution in [1.29, 1.82) is 0 Å². The molecule has 1 saturated heterocycles. The molecule has 27 heavy (non-hydrogen) atoms. The second-order valence-electron chi connectivity index (χ2n) is 6.12. The second kappa shape index (κ2) is 8.47. The minimum absolute atomic E-state index is 0.0617. The molecule has 1 atom stereocenters. The minimum atomic E-state index is -2.87. The van der Waals surface area contributed by atoms with Crippen LogP contribution in [0.1, 0.15) is 12.0 Å². The average molecular weight is 439 g/mol. The SMILES string of the molecule is O=C(NCc1ccc(OC(F)F)cc1)[C@H]1CC(=O)N(c2ccc(Br)cc2)C1. The molecule has 2 aromatic rings. The van der Waals surface area contributed by atoms with Crippen molar-refractivity contribution in [3.8, 4) is 5.75 Å². The first-order valence-electron chi connectivity index (χ1n) is 8.30. The van der Waals surface area contributed by atoms with Crippen LogP contribution in [0.5, 0.6) is 5.75 Å². The van der Waals surface area contributed by atoms with E-state index in [1.165, 1.54) is 12.1 Å². The standard InChI is InChI=1S/C19H17BrF2N2O3/c20-14-3-5-15(6-4-14)24-11-13(9-17(24)25)18(26)23-10-12-1-7-16(8-2-12)27-19(21)22/h1-8,13,19H,9-11H2,(H,23,26)/t13-/m0/s1. The summed E-state index contributed by atoms with van der Waals surface area (Å²) in [5.41, 5.74) is 1.51. The number of carbonyl (C=O) groups is 2. The number of halogens is 3. The van der Waals surface area contributed by atoms with Crippen LogP contribution in [0.3, 0.4) is 0 Å². The van der Waals surface area contributed by atoms with Crippen LogP contribution in [0.15, 0.2) is 53.0 Å². The fourth-order valence-electron chi connectivity index (χ4n) is 2.88. The molecule has 1 aliphatic heterocycles. The highest BCUT2D eigenvalue weighted by atomic mass is 79.9. The van der Waals surface area contributed by atoms with Gasteiger partial charge >= 0.3 is 6.61 Å². The van der Waals surface area contributed by atoms with Gasteiger partial charge in [0.25, 0.3) is 0 Å². The van der Waals surface area contributed by atoms with Gasteiger partial charge in [-0.05, 0) is 42.0 Å². The fourth-order valence-corrected chi connectivity index (χ4v) is 3.14. The monoisotopic (exact) mass is 438 g/mol. The van der Waals surface area contributed by atoms with Crippen LogP contribution >= 0.6 is 15.9 Å². The maximum absolute atomic E-state index is 12.4. The number of ether oxygens (including phenoxy) is 1. The van der Waals surface area contributed by atoms with Gasteiger partial charge in [-0.15, -0.1) is 0 Å². The van der Waals surface area contributed by atoms with Crippen molar-refractivity contribution in [2.75, 3.05) is 11.4 Å². The van der Waals surface area contributed by atoms with Gasteiger partial charge in [-0.3, -0.25) is 9.59 Å². The first kappa shape index (κ1) is 19.3. The van der Waals surface area contributed by atoms with Crippen LogP contribution in [0.25, 0.3) is 0 Å². The molecule has 1 heterocycles. The van der Waals surface area contributed by atoms with Crippen molar-refractivity contribution in [3.05, 3.63) is 58.6 Å². The van der Waals surface area contributed by atoms with Crippen LogP contribution in [0, 0.1) is 5.92 Å². The number of nitrogens with one attached hydrogen (secondary N) is 1. The van der Waals surface area contributed by atoms with Gasteiger partial charge in [-0.1, -0.05) is 28.1 Å². The van der Waals surface area contributed by atoms with E-state index in [1.807, 2.05) is 24.3 Å². The van der Waals surface area contributed by atoms with Crippen LogP contribution in [-0.4, -0.2) is 25.0 Å². The number of rotatable bonds is 6. The van der Waals surface area contributed by atoms with Gasteiger partial charge in [0.1, 0.15) is 5.75 Å². The Labute approximate surface area is 163 Å². The molecule has 8 heteroatoms. The molecule has 1 N–H and O–H groups in total. The Bertz CT molecular complexity index is 813. The smallest absolute Gasteiger partial charge is 0.387 e. The van der Waals surface area contributed by atoms with Crippen molar-refractivity contribution >= 4 is 33.4 Å². The first-order valence-corrected chi connectivity index (χ1v) is 9.09. The molecular weight excluding hydrogens is 422 g/mol. The van der Waals surface area contributed by atoms with E-state index in [0.717, 1.165) is 15.7 Å². The van der Waals surface area contributed by atoms with E-state index in [9.17, 15) is 18.4 Å². The number of carbonyl (C=O) groups excluding carboxylic acids is 2. The molecule has 3 rings (SSSR count). The summed E-state index contributed by atoms with van der Waals surface area (Å²) in [7, 11) is 0. The van der Waals surface area contributed by atoms with Crippen molar-refractivity contribution in [3.63, 3.8) is 0 Å². The van der Waals surface area contributed by atoms with Crippen LogP contribution in [0.2, 0.25) is 0 Å². The molecule has 2 amide bonds. The summed E-state index contributed by atoms with van der Waals surface area (Å²) in [4.78, 5) is 26.2. The summed E-state index contributed by atoms with van der Waals surface area (Å²) in [6, 6.07) is 13.4. The van der Waals surface area contributed by atoms with Gasteiger partial charge in [0.05, 0.1) is 5.92 Å². The van der Waals surface area contributed by atoms with Gasteiger partial charge in [0.15, 0.2) is 0 Å². The van der Waals surface area contributed by atoms with Crippen LogP contribution in [-0.2, 0) is 16.1 Å². The maximum atomic E-state index is 12.4. The molecule has 142 valence electrons. The number of benzene rings is 2. The number of alkyl halides is 2. The van der Waals surface area contributed by atoms with E-state index >= 15 is 0 Å². The number of nitrogens with zero attached hydrogens (tertiary/aromatic N) is 1. The Hall–Kier alpha value is -2.48. The Morgan fingerprint density at radius 2 is 1.85 bits per heavy atom. The Kier molecular flexibility index (Phi) is 6.05. The number of hydrogen-bond donors (Lipinski definition) is 1. The molecule has 0 aromatic heterocycles. The summed E-state index contributed by atoms with van der Waals surface area (Å²) >= 11 is 3.35. The molecule has 0 bridgehead atoms. The molecule has 0 spiro atoms. The van der Waals surface area contributed by atoms with E-state index in [-0.39, 0.29) is 30.5 Å². The third-order valence-electron chi connectivity index (χ3n) is 4.25. The van der Waals surface area contributed by atoms with E-state index in [1.54, 1.807) is 17.0 Å². The van der Waals surface area contributed by atoms with Gasteiger partial charge in [-0.25, -0.2) is 0 Å². The van der Waals surface area contributed by atoms with Crippen LogP contribution < -0.4 is 15.0 Å². The molecule has 5 nitrogen and oxygen atoms in total. The molecule has 0 unspecified atom stereocenters. The highest BCUT2D eigenvalue weighted by molar-refractivity contribution is 9.10. The minimum Gasteiger partial charge on any atom is -0.435 e. The van der Waals surface area contributed by atoms with Gasteiger partial charge in [0.2, 0.25) is 11.8 Å². The average Bonchev–Trinajstić information content (AvgIpc) is 3.03. The molecule has 0 aliphatic carbocycles. The topological polar surface area (TPSA) is 58.6 Å². The van der Waals surface area contributed by atoms with E-state index < -0.39 is 12.5 Å². The zero-order valence-corrected chi connectivity index (χ0v) is 15.8. The highest BCUT2D eigenvalue weighted by Gasteiger charge is 2.34. The first-order chi connectivity index (χ1) is 12.9. The Morgan fingerprint density at radius 3 is 2.48 bits per heavy atom. The summed E-state index contributed by atoms with van der Waals surface area (Å²) in [6.07, 6.45) is 0.156. The third kappa shape index (κ3) is 5.03. The van der Waals surface area contributed by atoms with Crippen molar-refractivity contribution in [1.82, 2.24) is 5.32 Å². The Balaban J connectivity index is 1.54. The van der Waals surface area contributed by atoms with Gasteiger partial charge < -0.3 is 15.0 Å². The maximum Gasteiger partial charge on any atom is 0.387 e. The van der Waals surface area contributed by atoms with Crippen molar-refractivity contribution in [2.24, 2.45) is 5.92 Å². The molecule has 0 radical (unpaired) electrons. The van der Waals surface area contributed by atoms with Crippen LogP contribution in [0.4, 0.5) is 14.5 Å². The number of anilines is 1. The summed E-state index contributed by atoms with van der Waals surface area (Å²) in [5.74, 6) is -0.670. The molecule has 1 fully saturated rings. The fraction of sp³-hybridized carbons (Fsp3) is 0.263. The van der Waals surface area contributed by atoms with Gasteiger partial charge in [0, 0.05) is 29.7 Å². The van der Waals surface area contributed by atoms with E-state index in [0.29, 0.717) is 6.54 Å². The number of hydrogen-bond acceptors (Lipinski definition) is 3. The largest absolute Gasteiger partial charge is 0.435 e. The second-order valence-corrected chi connectivity index (χ2v) is 7.04. The highest BCUT2D eigenvalue weighted by Crippen LogP contribution is 2.26. The summed E-state index contributed by atoms with van der Waals surface area (Å²) < 4.78 is 29.5. The Morgan fingerprint density at radius 1 is 1.19 bits per heavy atom. The normalized spacial score (nSPS) is 16.7. The summed E-state index contributed by atoms with van der Waals surface area (Å²) in [5, 5.41) is 2.79. The zero-order chi connectivity index (χ0) is 19.4.